The number of hydrogen-bond acceptors (Lipinski definition) is 3. The van der Waals surface area contributed by atoms with Gasteiger partial charge in [0.1, 0.15) is 0 Å². The predicted octanol–water partition coefficient (Wildman–Crippen LogP) is 2.46. The Kier molecular flexibility index (Phi) is 14.5. The van der Waals surface area contributed by atoms with Crippen molar-refractivity contribution in [1.29, 1.82) is 0 Å². The van der Waals surface area contributed by atoms with Crippen molar-refractivity contribution < 1.29 is 4.74 Å². The van der Waals surface area contributed by atoms with Gasteiger partial charge in [0.2, 0.25) is 0 Å². The van der Waals surface area contributed by atoms with E-state index in [1.807, 2.05) is 7.05 Å². The SMILES string of the molecule is CN=C(NCCCOC1CCCCC1)NCCCN(C)C.I. The topological polar surface area (TPSA) is 48.9 Å². The number of halogens is 1. The van der Waals surface area contributed by atoms with Gasteiger partial charge in [-0.2, -0.15) is 0 Å². The van der Waals surface area contributed by atoms with Crippen LogP contribution in [0.2, 0.25) is 0 Å². The lowest BCUT2D eigenvalue weighted by Gasteiger charge is -2.22. The lowest BCUT2D eigenvalue weighted by molar-refractivity contribution is 0.0277. The van der Waals surface area contributed by atoms with Gasteiger partial charge in [-0.3, -0.25) is 4.99 Å². The molecule has 0 saturated heterocycles. The summed E-state index contributed by atoms with van der Waals surface area (Å²) < 4.78 is 5.92. The summed E-state index contributed by atoms with van der Waals surface area (Å²) in [6, 6.07) is 0. The molecule has 6 heteroatoms. The minimum atomic E-state index is 0. The Morgan fingerprint density at radius 3 is 2.32 bits per heavy atom. The highest BCUT2D eigenvalue weighted by molar-refractivity contribution is 14.0. The molecule has 1 saturated carbocycles. The molecule has 0 radical (unpaired) electrons. The van der Waals surface area contributed by atoms with E-state index in [0.29, 0.717) is 6.10 Å². The molecule has 0 aromatic carbocycles. The van der Waals surface area contributed by atoms with Crippen molar-refractivity contribution in [2.75, 3.05) is 47.4 Å². The summed E-state index contributed by atoms with van der Waals surface area (Å²) >= 11 is 0. The van der Waals surface area contributed by atoms with Crippen LogP contribution in [0, 0.1) is 0 Å². The van der Waals surface area contributed by atoms with Gasteiger partial charge in [-0.05, 0) is 46.3 Å². The molecule has 132 valence electrons. The van der Waals surface area contributed by atoms with Crippen molar-refractivity contribution in [1.82, 2.24) is 15.5 Å². The van der Waals surface area contributed by atoms with Gasteiger partial charge in [-0.25, -0.2) is 0 Å². The lowest BCUT2D eigenvalue weighted by atomic mass is 9.98. The first-order chi connectivity index (χ1) is 10.2. The Morgan fingerprint density at radius 2 is 1.73 bits per heavy atom. The van der Waals surface area contributed by atoms with Crippen molar-refractivity contribution in [3.63, 3.8) is 0 Å². The van der Waals surface area contributed by atoms with Gasteiger partial charge >= 0.3 is 0 Å². The standard InChI is InChI=1S/C16H34N4O.HI/c1-17-16(18-11-7-13-20(2)3)19-12-8-14-21-15-9-5-4-6-10-15;/h15H,4-14H2,1-3H3,(H2,17,18,19);1H. The minimum Gasteiger partial charge on any atom is -0.378 e. The van der Waals surface area contributed by atoms with E-state index >= 15 is 0 Å². The van der Waals surface area contributed by atoms with Crippen molar-refractivity contribution in [3.8, 4) is 0 Å². The number of ether oxygens (including phenoxy) is 1. The van der Waals surface area contributed by atoms with Gasteiger partial charge in [-0.1, -0.05) is 19.3 Å². The molecule has 1 aliphatic rings. The van der Waals surface area contributed by atoms with Crippen molar-refractivity contribution in [2.24, 2.45) is 4.99 Å². The third-order valence-electron chi connectivity index (χ3n) is 3.82. The summed E-state index contributed by atoms with van der Waals surface area (Å²) in [5.74, 6) is 0.895. The molecule has 0 bridgehead atoms. The molecular formula is C16H35IN4O. The third-order valence-corrected chi connectivity index (χ3v) is 3.82. The quantitative estimate of drug-likeness (QED) is 0.258. The van der Waals surface area contributed by atoms with E-state index in [4.69, 9.17) is 4.74 Å². The second-order valence-electron chi connectivity index (χ2n) is 6.07. The predicted molar refractivity (Wildman–Crippen MR) is 105 cm³/mol. The molecule has 2 N–H and O–H groups in total. The molecule has 1 rings (SSSR count). The molecule has 0 aromatic heterocycles. The first-order valence-electron chi connectivity index (χ1n) is 8.43. The molecule has 22 heavy (non-hydrogen) atoms. The van der Waals surface area contributed by atoms with Crippen LogP contribution in [0.3, 0.4) is 0 Å². The largest absolute Gasteiger partial charge is 0.378 e. The third kappa shape index (κ3) is 11.5. The fourth-order valence-electron chi connectivity index (χ4n) is 2.58. The Balaban J connectivity index is 0.00000441. The molecule has 5 nitrogen and oxygen atoms in total. The second kappa shape index (κ2) is 14.5. The van der Waals surface area contributed by atoms with E-state index in [-0.39, 0.29) is 24.0 Å². The lowest BCUT2D eigenvalue weighted by Crippen LogP contribution is -2.39. The zero-order chi connectivity index (χ0) is 15.3. The van der Waals surface area contributed by atoms with Gasteiger partial charge in [0.15, 0.2) is 5.96 Å². The molecule has 1 aliphatic carbocycles. The number of guanidine groups is 1. The Bertz CT molecular complexity index is 281. The molecule has 0 atom stereocenters. The van der Waals surface area contributed by atoms with Crippen LogP contribution < -0.4 is 10.6 Å². The van der Waals surface area contributed by atoms with Crippen LogP contribution in [0.5, 0.6) is 0 Å². The van der Waals surface area contributed by atoms with Crippen LogP contribution in [0.1, 0.15) is 44.9 Å². The summed E-state index contributed by atoms with van der Waals surface area (Å²) in [6.07, 6.45) is 9.25. The minimum absolute atomic E-state index is 0. The average molecular weight is 426 g/mol. The molecule has 0 unspecified atom stereocenters. The number of nitrogens with zero attached hydrogens (tertiary/aromatic N) is 2. The van der Waals surface area contributed by atoms with Crippen LogP contribution in [-0.2, 0) is 4.74 Å². The molecule has 1 fully saturated rings. The van der Waals surface area contributed by atoms with Crippen molar-refractivity contribution >= 4 is 29.9 Å². The van der Waals surface area contributed by atoms with Gasteiger partial charge in [0, 0.05) is 26.7 Å². The molecule has 0 spiro atoms. The molecule has 0 heterocycles. The highest BCUT2D eigenvalue weighted by Crippen LogP contribution is 2.20. The van der Waals surface area contributed by atoms with Gasteiger partial charge in [0.05, 0.1) is 6.10 Å². The number of hydrogen-bond donors (Lipinski definition) is 2. The normalized spacial score (nSPS) is 16.5. The molecular weight excluding hydrogens is 391 g/mol. The van der Waals surface area contributed by atoms with Crippen LogP contribution in [0.4, 0.5) is 0 Å². The number of nitrogens with one attached hydrogen (secondary N) is 2. The summed E-state index contributed by atoms with van der Waals surface area (Å²) in [4.78, 5) is 6.43. The van der Waals surface area contributed by atoms with E-state index in [0.717, 1.165) is 45.0 Å². The maximum absolute atomic E-state index is 5.92. The zero-order valence-corrected chi connectivity index (χ0v) is 16.9. The maximum atomic E-state index is 5.92. The summed E-state index contributed by atoms with van der Waals surface area (Å²) in [7, 11) is 6.01. The van der Waals surface area contributed by atoms with Gasteiger partial charge in [0.25, 0.3) is 0 Å². The highest BCUT2D eigenvalue weighted by Gasteiger charge is 2.12. The van der Waals surface area contributed by atoms with E-state index in [2.05, 4.69) is 34.6 Å². The zero-order valence-electron chi connectivity index (χ0n) is 14.6. The summed E-state index contributed by atoms with van der Waals surface area (Å²) in [5, 5.41) is 6.68. The van der Waals surface area contributed by atoms with Crippen LogP contribution in [-0.4, -0.2) is 64.3 Å². The average Bonchev–Trinajstić information content (AvgIpc) is 2.50. The fraction of sp³-hybridized carbons (Fsp3) is 0.938. The van der Waals surface area contributed by atoms with Crippen LogP contribution in [0.15, 0.2) is 4.99 Å². The number of aliphatic imine (C=N–C) groups is 1. The Labute approximate surface area is 153 Å². The van der Waals surface area contributed by atoms with E-state index in [1.165, 1.54) is 32.1 Å². The first kappa shape index (κ1) is 21.9. The fourth-order valence-corrected chi connectivity index (χ4v) is 2.58. The van der Waals surface area contributed by atoms with E-state index in [1.54, 1.807) is 0 Å². The van der Waals surface area contributed by atoms with Crippen molar-refractivity contribution in [3.05, 3.63) is 0 Å². The summed E-state index contributed by atoms with van der Waals surface area (Å²) in [6.45, 7) is 3.82. The highest BCUT2D eigenvalue weighted by atomic mass is 127. The maximum Gasteiger partial charge on any atom is 0.190 e. The Hall–Kier alpha value is -0.0800. The van der Waals surface area contributed by atoms with Crippen molar-refractivity contribution in [2.45, 2.75) is 51.0 Å². The molecule has 0 aromatic rings. The van der Waals surface area contributed by atoms with E-state index in [9.17, 15) is 0 Å². The van der Waals surface area contributed by atoms with E-state index < -0.39 is 0 Å². The second-order valence-corrected chi connectivity index (χ2v) is 6.07. The molecule has 0 aliphatic heterocycles. The smallest absolute Gasteiger partial charge is 0.190 e. The Morgan fingerprint density at radius 1 is 1.09 bits per heavy atom. The summed E-state index contributed by atoms with van der Waals surface area (Å²) in [5.41, 5.74) is 0. The number of rotatable bonds is 9. The molecule has 0 amide bonds. The van der Waals surface area contributed by atoms with Gasteiger partial charge in [-0.15, -0.1) is 24.0 Å². The van der Waals surface area contributed by atoms with Crippen LogP contribution >= 0.6 is 24.0 Å². The monoisotopic (exact) mass is 426 g/mol. The van der Waals surface area contributed by atoms with Crippen LogP contribution in [0.25, 0.3) is 0 Å². The van der Waals surface area contributed by atoms with Gasteiger partial charge < -0.3 is 20.3 Å². The first-order valence-corrected chi connectivity index (χ1v) is 8.43.